The first-order chi connectivity index (χ1) is 10.1. The average Bonchev–Trinajstić information content (AvgIpc) is 3.01. The number of nitrogens with zero attached hydrogens (tertiary/aromatic N) is 2. The van der Waals surface area contributed by atoms with Gasteiger partial charge in [0.05, 0.1) is 6.07 Å². The van der Waals surface area contributed by atoms with Gasteiger partial charge in [-0.2, -0.15) is 5.26 Å². The lowest BCUT2D eigenvalue weighted by molar-refractivity contribution is 0.239. The fourth-order valence-corrected chi connectivity index (χ4v) is 4.38. The Morgan fingerprint density at radius 1 is 1.29 bits per heavy atom. The second-order valence-electron chi connectivity index (χ2n) is 7.97. The molecule has 0 aromatic carbocycles. The van der Waals surface area contributed by atoms with Crippen LogP contribution in [0.1, 0.15) is 58.8 Å². The minimum Gasteiger partial charge on any atom is -0.303 e. The Morgan fingerprint density at radius 2 is 2.10 bits per heavy atom. The summed E-state index contributed by atoms with van der Waals surface area (Å²) in [6, 6.07) is 3.31. The van der Waals surface area contributed by atoms with Crippen LogP contribution in [-0.2, 0) is 0 Å². The summed E-state index contributed by atoms with van der Waals surface area (Å²) < 4.78 is 0. The highest BCUT2D eigenvalue weighted by molar-refractivity contribution is 5.16. The van der Waals surface area contributed by atoms with Crippen LogP contribution in [0.15, 0.2) is 0 Å². The summed E-state index contributed by atoms with van der Waals surface area (Å²) in [7, 11) is 0. The van der Waals surface area contributed by atoms with E-state index in [1.54, 1.807) is 0 Å². The van der Waals surface area contributed by atoms with Crippen molar-refractivity contribution in [2.75, 3.05) is 19.6 Å². The van der Waals surface area contributed by atoms with Crippen molar-refractivity contribution in [3.63, 3.8) is 0 Å². The van der Waals surface area contributed by atoms with E-state index in [0.29, 0.717) is 12.0 Å². The van der Waals surface area contributed by atoms with Crippen molar-refractivity contribution in [2.24, 2.45) is 17.8 Å². The van der Waals surface area contributed by atoms with Crippen molar-refractivity contribution >= 4 is 0 Å². The van der Waals surface area contributed by atoms with Gasteiger partial charge in [-0.25, -0.2) is 0 Å². The molecule has 2 saturated carbocycles. The fourth-order valence-electron chi connectivity index (χ4n) is 4.38. The summed E-state index contributed by atoms with van der Waals surface area (Å²) in [4.78, 5) is 2.64. The molecule has 3 aliphatic rings. The van der Waals surface area contributed by atoms with Crippen molar-refractivity contribution in [3.8, 4) is 6.07 Å². The molecule has 1 saturated heterocycles. The lowest BCUT2D eigenvalue weighted by Gasteiger charge is -2.31. The third-order valence-corrected chi connectivity index (χ3v) is 6.10. The van der Waals surface area contributed by atoms with E-state index in [-0.39, 0.29) is 5.54 Å². The van der Waals surface area contributed by atoms with Gasteiger partial charge in [0.25, 0.3) is 0 Å². The molecule has 0 radical (unpaired) electrons. The van der Waals surface area contributed by atoms with E-state index >= 15 is 0 Å². The molecule has 0 amide bonds. The predicted octanol–water partition coefficient (Wildman–Crippen LogP) is 3.17. The van der Waals surface area contributed by atoms with Crippen molar-refractivity contribution in [1.82, 2.24) is 10.2 Å². The standard InChI is InChI=1S/C18H31N3/c1-14(2)15-7-10-21(12-15)11-8-16-4-3-9-18(16,13-19)20-17-5-6-17/h14-17,20H,3-12H2,1-2H3. The molecule has 3 fully saturated rings. The van der Waals surface area contributed by atoms with Crippen LogP contribution in [0.5, 0.6) is 0 Å². The largest absolute Gasteiger partial charge is 0.303 e. The molecule has 1 heterocycles. The summed E-state index contributed by atoms with van der Waals surface area (Å²) in [5.41, 5.74) is -0.196. The Labute approximate surface area is 130 Å². The van der Waals surface area contributed by atoms with Gasteiger partial charge in [-0.1, -0.05) is 20.3 Å². The Morgan fingerprint density at radius 3 is 2.71 bits per heavy atom. The first kappa shape index (κ1) is 15.3. The number of rotatable bonds is 6. The van der Waals surface area contributed by atoms with Gasteiger partial charge < -0.3 is 4.90 Å². The maximum Gasteiger partial charge on any atom is 0.109 e. The van der Waals surface area contributed by atoms with Gasteiger partial charge in [0, 0.05) is 12.6 Å². The van der Waals surface area contributed by atoms with Crippen LogP contribution in [0.3, 0.4) is 0 Å². The summed E-state index contributed by atoms with van der Waals surface area (Å²) >= 11 is 0. The minimum atomic E-state index is -0.196. The molecule has 0 spiro atoms. The number of hydrogen-bond donors (Lipinski definition) is 1. The topological polar surface area (TPSA) is 39.1 Å². The van der Waals surface area contributed by atoms with E-state index in [4.69, 9.17) is 0 Å². The van der Waals surface area contributed by atoms with Crippen LogP contribution in [0.4, 0.5) is 0 Å². The first-order valence-electron chi connectivity index (χ1n) is 9.04. The van der Waals surface area contributed by atoms with Crippen LogP contribution in [0.25, 0.3) is 0 Å². The third kappa shape index (κ3) is 3.43. The summed E-state index contributed by atoms with van der Waals surface area (Å²) in [6.45, 7) is 8.45. The van der Waals surface area contributed by atoms with Crippen LogP contribution in [0, 0.1) is 29.1 Å². The van der Waals surface area contributed by atoms with Gasteiger partial charge in [0.2, 0.25) is 0 Å². The van der Waals surface area contributed by atoms with Gasteiger partial charge in [0.1, 0.15) is 5.54 Å². The fraction of sp³-hybridized carbons (Fsp3) is 0.944. The number of nitriles is 1. The maximum absolute atomic E-state index is 9.74. The SMILES string of the molecule is CC(C)C1CCN(CCC2CCCC2(C#N)NC2CC2)C1. The molecule has 3 nitrogen and oxygen atoms in total. The second-order valence-corrected chi connectivity index (χ2v) is 7.97. The van der Waals surface area contributed by atoms with Crippen LogP contribution >= 0.6 is 0 Å². The summed E-state index contributed by atoms with van der Waals surface area (Å²) in [5.74, 6) is 2.27. The van der Waals surface area contributed by atoms with Crippen LogP contribution < -0.4 is 5.32 Å². The predicted molar refractivity (Wildman–Crippen MR) is 85.8 cm³/mol. The molecule has 0 bridgehead atoms. The normalized spacial score (nSPS) is 37.2. The Bertz CT molecular complexity index is 396. The van der Waals surface area contributed by atoms with Gasteiger partial charge in [-0.3, -0.25) is 5.32 Å². The maximum atomic E-state index is 9.74. The highest BCUT2D eigenvalue weighted by atomic mass is 15.1. The highest BCUT2D eigenvalue weighted by Crippen LogP contribution is 2.40. The lowest BCUT2D eigenvalue weighted by atomic mass is 9.85. The summed E-state index contributed by atoms with van der Waals surface area (Å²) in [5, 5.41) is 13.4. The molecule has 21 heavy (non-hydrogen) atoms. The molecule has 0 aromatic rings. The van der Waals surface area contributed by atoms with Crippen molar-refractivity contribution in [1.29, 1.82) is 5.26 Å². The van der Waals surface area contributed by atoms with Crippen molar-refractivity contribution in [2.45, 2.75) is 70.4 Å². The smallest absolute Gasteiger partial charge is 0.109 e. The average molecular weight is 289 g/mol. The van der Waals surface area contributed by atoms with Gasteiger partial charge in [0.15, 0.2) is 0 Å². The minimum absolute atomic E-state index is 0.196. The van der Waals surface area contributed by atoms with E-state index < -0.39 is 0 Å². The quantitative estimate of drug-likeness (QED) is 0.816. The van der Waals surface area contributed by atoms with Crippen LogP contribution in [-0.4, -0.2) is 36.1 Å². The molecular weight excluding hydrogens is 258 g/mol. The lowest BCUT2D eigenvalue weighted by Crippen LogP contribution is -2.48. The molecule has 1 aliphatic heterocycles. The molecule has 1 N–H and O–H groups in total. The van der Waals surface area contributed by atoms with E-state index in [9.17, 15) is 5.26 Å². The molecular formula is C18H31N3. The first-order valence-corrected chi connectivity index (χ1v) is 9.04. The third-order valence-electron chi connectivity index (χ3n) is 6.10. The molecule has 2 aliphatic carbocycles. The molecule has 3 rings (SSSR count). The molecule has 118 valence electrons. The monoisotopic (exact) mass is 289 g/mol. The van der Waals surface area contributed by atoms with E-state index in [0.717, 1.165) is 18.3 Å². The van der Waals surface area contributed by atoms with Crippen molar-refractivity contribution < 1.29 is 0 Å². The molecule has 3 heteroatoms. The number of hydrogen-bond acceptors (Lipinski definition) is 3. The molecule has 0 aromatic heterocycles. The second kappa shape index (κ2) is 6.26. The Kier molecular flexibility index (Phi) is 4.57. The number of nitrogens with one attached hydrogen (secondary N) is 1. The number of likely N-dealkylation sites (tertiary alicyclic amines) is 1. The Hall–Kier alpha value is -0.590. The van der Waals surface area contributed by atoms with Gasteiger partial charge in [-0.05, 0) is 69.4 Å². The summed E-state index contributed by atoms with van der Waals surface area (Å²) in [6.07, 6.45) is 8.67. The highest BCUT2D eigenvalue weighted by Gasteiger charge is 2.46. The zero-order valence-corrected chi connectivity index (χ0v) is 13.8. The van der Waals surface area contributed by atoms with E-state index in [1.807, 2.05) is 0 Å². The zero-order valence-electron chi connectivity index (χ0n) is 13.8. The Balaban J connectivity index is 1.51. The van der Waals surface area contributed by atoms with E-state index in [2.05, 4.69) is 30.1 Å². The zero-order chi connectivity index (χ0) is 14.9. The van der Waals surface area contributed by atoms with E-state index in [1.165, 1.54) is 58.2 Å². The van der Waals surface area contributed by atoms with Gasteiger partial charge in [-0.15, -0.1) is 0 Å². The van der Waals surface area contributed by atoms with Crippen LogP contribution in [0.2, 0.25) is 0 Å². The van der Waals surface area contributed by atoms with Gasteiger partial charge >= 0.3 is 0 Å². The molecule has 3 unspecified atom stereocenters. The molecule has 3 atom stereocenters. The van der Waals surface area contributed by atoms with Crippen molar-refractivity contribution in [3.05, 3.63) is 0 Å².